The van der Waals surface area contributed by atoms with Crippen LogP contribution in [-0.4, -0.2) is 15.7 Å². The highest BCUT2D eigenvalue weighted by molar-refractivity contribution is 9.10. The third kappa shape index (κ3) is 3.62. The summed E-state index contributed by atoms with van der Waals surface area (Å²) in [5.41, 5.74) is 2.66. The molecule has 0 saturated carbocycles. The molecule has 2 aromatic carbocycles. The first-order chi connectivity index (χ1) is 10.7. The fourth-order valence-corrected chi connectivity index (χ4v) is 2.36. The number of benzene rings is 2. The van der Waals surface area contributed by atoms with E-state index in [9.17, 15) is 4.79 Å². The average Bonchev–Trinajstić information content (AvgIpc) is 2.99. The number of hydrogen-bond acceptors (Lipinski definition) is 2. The van der Waals surface area contributed by atoms with Crippen molar-refractivity contribution in [2.45, 2.75) is 6.54 Å². The normalized spacial score (nSPS) is 10.4. The van der Waals surface area contributed by atoms with Crippen molar-refractivity contribution in [3.63, 3.8) is 0 Å². The van der Waals surface area contributed by atoms with Crippen molar-refractivity contribution in [3.05, 3.63) is 71.3 Å². The summed E-state index contributed by atoms with van der Waals surface area (Å²) in [6.07, 6.45) is 1.81. The van der Waals surface area contributed by atoms with Crippen LogP contribution in [-0.2, 0) is 11.3 Å². The molecule has 0 unspecified atom stereocenters. The minimum Gasteiger partial charge on any atom is -0.324 e. The van der Waals surface area contributed by atoms with E-state index in [0.29, 0.717) is 0 Å². The highest BCUT2D eigenvalue weighted by Crippen LogP contribution is 2.16. The van der Waals surface area contributed by atoms with E-state index in [1.807, 2.05) is 66.9 Å². The molecule has 110 valence electrons. The van der Waals surface area contributed by atoms with Crippen molar-refractivity contribution < 1.29 is 4.79 Å². The predicted molar refractivity (Wildman–Crippen MR) is 90.4 cm³/mol. The third-order valence-electron chi connectivity index (χ3n) is 3.14. The van der Waals surface area contributed by atoms with Crippen molar-refractivity contribution in [1.82, 2.24) is 9.78 Å². The molecule has 3 aromatic rings. The Morgan fingerprint density at radius 3 is 2.50 bits per heavy atom. The fraction of sp³-hybridized carbons (Fsp3) is 0.0588. The molecular weight excluding hydrogens is 342 g/mol. The number of halogens is 1. The van der Waals surface area contributed by atoms with Crippen LogP contribution < -0.4 is 5.32 Å². The summed E-state index contributed by atoms with van der Waals surface area (Å²) in [6, 6.07) is 19.3. The standard InChI is InChI=1S/C17H14BrN3O/c18-14-6-8-15(9-7-14)19-17(22)12-21-11-10-16(20-21)13-4-2-1-3-5-13/h1-11H,12H2,(H,19,22). The number of aromatic nitrogens is 2. The molecule has 1 N–H and O–H groups in total. The number of hydrogen-bond donors (Lipinski definition) is 1. The molecule has 0 aliphatic carbocycles. The van der Waals surface area contributed by atoms with E-state index >= 15 is 0 Å². The van der Waals surface area contributed by atoms with E-state index in [4.69, 9.17) is 0 Å². The van der Waals surface area contributed by atoms with Crippen molar-refractivity contribution in [3.8, 4) is 11.3 Å². The van der Waals surface area contributed by atoms with Crippen molar-refractivity contribution >= 4 is 27.5 Å². The van der Waals surface area contributed by atoms with Crippen LogP contribution in [0.3, 0.4) is 0 Å². The van der Waals surface area contributed by atoms with E-state index in [1.165, 1.54) is 0 Å². The molecule has 0 aliphatic rings. The number of carbonyl (C=O) groups is 1. The van der Waals surface area contributed by atoms with Crippen LogP contribution in [0.5, 0.6) is 0 Å². The topological polar surface area (TPSA) is 46.9 Å². The number of anilines is 1. The highest BCUT2D eigenvalue weighted by Gasteiger charge is 2.06. The van der Waals surface area contributed by atoms with Crippen molar-refractivity contribution in [2.24, 2.45) is 0 Å². The molecule has 0 saturated heterocycles. The maximum Gasteiger partial charge on any atom is 0.246 e. The Hall–Kier alpha value is -2.40. The van der Waals surface area contributed by atoms with E-state index in [2.05, 4.69) is 26.3 Å². The molecule has 4 nitrogen and oxygen atoms in total. The van der Waals surface area contributed by atoms with E-state index in [1.54, 1.807) is 4.68 Å². The molecule has 0 aliphatic heterocycles. The van der Waals surface area contributed by atoms with Gasteiger partial charge in [0, 0.05) is 21.9 Å². The summed E-state index contributed by atoms with van der Waals surface area (Å²) in [6.45, 7) is 0.183. The Morgan fingerprint density at radius 2 is 1.77 bits per heavy atom. The molecule has 1 heterocycles. The predicted octanol–water partition coefficient (Wildman–Crippen LogP) is 3.95. The fourth-order valence-electron chi connectivity index (χ4n) is 2.09. The van der Waals surface area contributed by atoms with Gasteiger partial charge in [0.2, 0.25) is 5.91 Å². The quantitative estimate of drug-likeness (QED) is 0.770. The molecule has 3 rings (SSSR count). The Labute approximate surface area is 136 Å². The molecule has 0 bridgehead atoms. The molecule has 1 aromatic heterocycles. The maximum atomic E-state index is 12.0. The summed E-state index contributed by atoms with van der Waals surface area (Å²) in [4.78, 5) is 12.0. The summed E-state index contributed by atoms with van der Waals surface area (Å²) < 4.78 is 2.61. The first kappa shape index (κ1) is 14.5. The molecule has 0 radical (unpaired) electrons. The largest absolute Gasteiger partial charge is 0.324 e. The number of rotatable bonds is 4. The Kier molecular flexibility index (Phi) is 4.34. The van der Waals surface area contributed by atoms with Gasteiger partial charge in [-0.25, -0.2) is 0 Å². The summed E-state index contributed by atoms with van der Waals surface area (Å²) in [7, 11) is 0. The van der Waals surface area contributed by atoms with Crippen LogP contribution in [0.4, 0.5) is 5.69 Å². The summed E-state index contributed by atoms with van der Waals surface area (Å²) in [5, 5.41) is 7.27. The molecule has 22 heavy (non-hydrogen) atoms. The lowest BCUT2D eigenvalue weighted by molar-refractivity contribution is -0.116. The lowest BCUT2D eigenvalue weighted by Crippen LogP contribution is -2.19. The van der Waals surface area contributed by atoms with E-state index in [0.717, 1.165) is 21.4 Å². The molecule has 0 spiro atoms. The molecular formula is C17H14BrN3O. The monoisotopic (exact) mass is 355 g/mol. The molecule has 0 atom stereocenters. The molecule has 5 heteroatoms. The Balaban J connectivity index is 1.65. The lowest BCUT2D eigenvalue weighted by Gasteiger charge is -2.05. The van der Waals surface area contributed by atoms with E-state index < -0.39 is 0 Å². The van der Waals surface area contributed by atoms with Gasteiger partial charge in [0.05, 0.1) is 5.69 Å². The Morgan fingerprint density at radius 1 is 1.05 bits per heavy atom. The SMILES string of the molecule is O=C(Cn1ccc(-c2ccccc2)n1)Nc1ccc(Br)cc1. The van der Waals surface area contributed by atoms with Crippen LogP contribution in [0.2, 0.25) is 0 Å². The first-order valence-corrected chi connectivity index (χ1v) is 7.64. The second-order valence-electron chi connectivity index (χ2n) is 4.82. The Bertz CT molecular complexity index is 766. The third-order valence-corrected chi connectivity index (χ3v) is 3.67. The van der Waals surface area contributed by atoms with E-state index in [-0.39, 0.29) is 12.5 Å². The van der Waals surface area contributed by atoms with Gasteiger partial charge >= 0.3 is 0 Å². The minimum absolute atomic E-state index is 0.106. The minimum atomic E-state index is -0.106. The van der Waals surface area contributed by atoms with Gasteiger partial charge in [-0.2, -0.15) is 5.10 Å². The smallest absolute Gasteiger partial charge is 0.246 e. The van der Waals surface area contributed by atoms with Crippen molar-refractivity contribution in [1.29, 1.82) is 0 Å². The summed E-state index contributed by atoms with van der Waals surface area (Å²) >= 11 is 3.36. The molecule has 0 fully saturated rings. The zero-order chi connectivity index (χ0) is 15.4. The van der Waals surface area contributed by atoms with Gasteiger partial charge in [-0.15, -0.1) is 0 Å². The zero-order valence-electron chi connectivity index (χ0n) is 11.7. The van der Waals surface area contributed by atoms with Crippen molar-refractivity contribution in [2.75, 3.05) is 5.32 Å². The van der Waals surface area contributed by atoms with Gasteiger partial charge in [-0.05, 0) is 30.3 Å². The van der Waals surface area contributed by atoms with Gasteiger partial charge in [-0.3, -0.25) is 9.48 Å². The van der Waals surface area contributed by atoms with Crippen LogP contribution in [0.25, 0.3) is 11.3 Å². The summed E-state index contributed by atoms with van der Waals surface area (Å²) in [5.74, 6) is -0.106. The number of nitrogens with zero attached hydrogens (tertiary/aromatic N) is 2. The van der Waals surface area contributed by atoms with Crippen LogP contribution >= 0.6 is 15.9 Å². The number of amides is 1. The average molecular weight is 356 g/mol. The van der Waals surface area contributed by atoms with Gasteiger partial charge in [0.25, 0.3) is 0 Å². The first-order valence-electron chi connectivity index (χ1n) is 6.85. The highest BCUT2D eigenvalue weighted by atomic mass is 79.9. The van der Waals surface area contributed by atoms with Gasteiger partial charge in [-0.1, -0.05) is 46.3 Å². The van der Waals surface area contributed by atoms with Crippen LogP contribution in [0.15, 0.2) is 71.3 Å². The number of carbonyl (C=O) groups excluding carboxylic acids is 1. The lowest BCUT2D eigenvalue weighted by atomic mass is 10.2. The molecule has 1 amide bonds. The maximum absolute atomic E-state index is 12.0. The van der Waals surface area contributed by atoms with Crippen LogP contribution in [0, 0.1) is 0 Å². The van der Waals surface area contributed by atoms with Crippen LogP contribution in [0.1, 0.15) is 0 Å². The second-order valence-corrected chi connectivity index (χ2v) is 5.74. The van der Waals surface area contributed by atoms with Gasteiger partial charge in [0.15, 0.2) is 0 Å². The zero-order valence-corrected chi connectivity index (χ0v) is 13.3. The van der Waals surface area contributed by atoms with Gasteiger partial charge in [0.1, 0.15) is 6.54 Å². The number of nitrogens with one attached hydrogen (secondary N) is 1. The second kappa shape index (κ2) is 6.58. The van der Waals surface area contributed by atoms with Gasteiger partial charge < -0.3 is 5.32 Å².